The average Bonchev–Trinajstić information content (AvgIpc) is 2.97. The fraction of sp³-hybridized carbons (Fsp3) is 0.846. The van der Waals surface area contributed by atoms with E-state index in [2.05, 4.69) is 10.6 Å². The number of aliphatic hydroxyl groups excluding tert-OH is 1. The average molecular weight is 270 g/mol. The maximum Gasteiger partial charge on any atom is 0.328 e. The number of carbonyl (C=O) groups excluding carboxylic acids is 1. The van der Waals surface area contributed by atoms with Crippen molar-refractivity contribution in [3.63, 3.8) is 0 Å². The number of carbonyl (C=O) groups is 2. The normalized spacial score (nSPS) is 31.8. The van der Waals surface area contributed by atoms with Gasteiger partial charge in [0.25, 0.3) is 0 Å². The summed E-state index contributed by atoms with van der Waals surface area (Å²) in [6, 6.07) is -1.72. The highest BCUT2D eigenvalue weighted by atomic mass is 16.4. The first kappa shape index (κ1) is 14.1. The molecule has 0 radical (unpaired) electrons. The molecule has 0 spiro atoms. The minimum Gasteiger partial charge on any atom is -0.480 e. The molecule has 108 valence electrons. The quantitative estimate of drug-likeness (QED) is 0.586. The third kappa shape index (κ3) is 3.18. The molecule has 19 heavy (non-hydrogen) atoms. The zero-order valence-corrected chi connectivity index (χ0v) is 11.1. The molecule has 0 aromatic heterocycles. The van der Waals surface area contributed by atoms with Crippen molar-refractivity contribution in [2.24, 2.45) is 17.8 Å². The summed E-state index contributed by atoms with van der Waals surface area (Å²) in [7, 11) is 0. The van der Waals surface area contributed by atoms with Crippen LogP contribution in [0.3, 0.4) is 0 Å². The van der Waals surface area contributed by atoms with Crippen molar-refractivity contribution in [1.82, 2.24) is 10.6 Å². The number of aliphatic hydroxyl groups is 1. The lowest BCUT2D eigenvalue weighted by Gasteiger charge is -2.28. The predicted molar refractivity (Wildman–Crippen MR) is 68.6 cm³/mol. The molecule has 0 aromatic rings. The van der Waals surface area contributed by atoms with E-state index in [4.69, 9.17) is 10.2 Å². The maximum absolute atomic E-state index is 11.7. The zero-order chi connectivity index (χ0) is 14.0. The van der Waals surface area contributed by atoms with E-state index in [-0.39, 0.29) is 6.04 Å². The van der Waals surface area contributed by atoms with Crippen LogP contribution < -0.4 is 10.6 Å². The highest BCUT2D eigenvalue weighted by Crippen LogP contribution is 2.49. The van der Waals surface area contributed by atoms with Crippen molar-refractivity contribution in [2.45, 2.75) is 44.7 Å². The number of amides is 2. The van der Waals surface area contributed by atoms with Crippen LogP contribution >= 0.6 is 0 Å². The van der Waals surface area contributed by atoms with Gasteiger partial charge in [-0.1, -0.05) is 6.42 Å². The van der Waals surface area contributed by atoms with Gasteiger partial charge in [0.2, 0.25) is 0 Å². The van der Waals surface area contributed by atoms with Gasteiger partial charge in [-0.05, 0) is 43.9 Å². The highest BCUT2D eigenvalue weighted by molar-refractivity contribution is 5.82. The minimum absolute atomic E-state index is 0.0448. The summed E-state index contributed by atoms with van der Waals surface area (Å²) < 4.78 is 0. The van der Waals surface area contributed by atoms with Crippen LogP contribution in [0.1, 0.15) is 32.6 Å². The number of urea groups is 1. The third-order valence-corrected chi connectivity index (χ3v) is 4.58. The lowest BCUT2D eigenvalue weighted by atomic mass is 9.84. The fourth-order valence-electron chi connectivity index (χ4n) is 3.61. The summed E-state index contributed by atoms with van der Waals surface area (Å²) in [5.74, 6) is 0.784. The Morgan fingerprint density at radius 2 is 2.00 bits per heavy atom. The first-order chi connectivity index (χ1) is 9.01. The van der Waals surface area contributed by atoms with Crippen molar-refractivity contribution in [3.05, 3.63) is 0 Å². The number of nitrogens with one attached hydrogen (secondary N) is 2. The molecule has 2 aliphatic rings. The Morgan fingerprint density at radius 3 is 2.47 bits per heavy atom. The van der Waals surface area contributed by atoms with E-state index in [0.717, 1.165) is 12.3 Å². The van der Waals surface area contributed by atoms with Crippen molar-refractivity contribution in [2.75, 3.05) is 6.61 Å². The highest BCUT2D eigenvalue weighted by Gasteiger charge is 2.42. The smallest absolute Gasteiger partial charge is 0.328 e. The second-order valence-corrected chi connectivity index (χ2v) is 5.82. The van der Waals surface area contributed by atoms with E-state index in [1.54, 1.807) is 0 Å². The van der Waals surface area contributed by atoms with Crippen molar-refractivity contribution in [3.8, 4) is 0 Å². The second-order valence-electron chi connectivity index (χ2n) is 5.82. The Morgan fingerprint density at radius 1 is 1.26 bits per heavy atom. The SMILES string of the molecule is CC(NC(=O)NC(CO)C(=O)O)C1CC2CCC1C2. The number of rotatable bonds is 5. The van der Waals surface area contributed by atoms with Gasteiger partial charge in [0.1, 0.15) is 0 Å². The standard InChI is InChI=1S/C13H22N2O4/c1-7(10-5-8-2-3-9(10)4-8)14-13(19)15-11(6-16)12(17)18/h7-11,16H,2-6H2,1H3,(H,17,18)(H2,14,15,19). The molecule has 2 rings (SSSR count). The molecular weight excluding hydrogens is 248 g/mol. The minimum atomic E-state index is -1.24. The molecule has 4 N–H and O–H groups in total. The monoisotopic (exact) mass is 270 g/mol. The van der Waals surface area contributed by atoms with Crippen LogP contribution in [0.2, 0.25) is 0 Å². The van der Waals surface area contributed by atoms with E-state index in [1.165, 1.54) is 19.3 Å². The molecule has 0 saturated heterocycles. The fourth-order valence-corrected chi connectivity index (χ4v) is 3.61. The molecule has 6 nitrogen and oxygen atoms in total. The summed E-state index contributed by atoms with van der Waals surface area (Å²) in [5, 5.41) is 22.7. The first-order valence-electron chi connectivity index (χ1n) is 6.92. The van der Waals surface area contributed by atoms with Crippen molar-refractivity contribution >= 4 is 12.0 Å². The second kappa shape index (κ2) is 5.77. The number of carboxylic acids is 1. The van der Waals surface area contributed by atoms with Gasteiger partial charge >= 0.3 is 12.0 Å². The largest absolute Gasteiger partial charge is 0.480 e. The molecule has 5 unspecified atom stereocenters. The summed E-state index contributed by atoms with van der Waals surface area (Å²) in [4.78, 5) is 22.4. The van der Waals surface area contributed by atoms with Crippen LogP contribution in [0.5, 0.6) is 0 Å². The number of hydrogen-bond donors (Lipinski definition) is 4. The molecule has 2 amide bonds. The van der Waals surface area contributed by atoms with E-state index in [9.17, 15) is 9.59 Å². The number of aliphatic carboxylic acids is 1. The Labute approximate surface area is 112 Å². The van der Waals surface area contributed by atoms with Gasteiger partial charge in [0, 0.05) is 6.04 Å². The van der Waals surface area contributed by atoms with Gasteiger partial charge in [-0.3, -0.25) is 0 Å². The third-order valence-electron chi connectivity index (χ3n) is 4.58. The molecule has 2 saturated carbocycles. The molecule has 5 atom stereocenters. The molecule has 6 heteroatoms. The van der Waals surface area contributed by atoms with Crippen LogP contribution in [0.15, 0.2) is 0 Å². The number of carboxylic acid groups (broad SMARTS) is 1. The maximum atomic E-state index is 11.7. The van der Waals surface area contributed by atoms with E-state index >= 15 is 0 Å². The lowest BCUT2D eigenvalue weighted by Crippen LogP contribution is -2.51. The van der Waals surface area contributed by atoms with Crippen LogP contribution in [-0.2, 0) is 4.79 Å². The van der Waals surface area contributed by atoms with Gasteiger partial charge in [0.05, 0.1) is 6.61 Å². The Hall–Kier alpha value is -1.30. The van der Waals surface area contributed by atoms with E-state index in [0.29, 0.717) is 11.8 Å². The molecule has 2 fully saturated rings. The van der Waals surface area contributed by atoms with Gasteiger partial charge < -0.3 is 20.8 Å². The first-order valence-corrected chi connectivity index (χ1v) is 6.92. The Bertz CT molecular complexity index is 361. The molecular formula is C13H22N2O4. The van der Waals surface area contributed by atoms with E-state index in [1.807, 2.05) is 6.92 Å². The predicted octanol–water partition coefficient (Wildman–Crippen LogP) is 0.556. The van der Waals surface area contributed by atoms with Gasteiger partial charge in [-0.15, -0.1) is 0 Å². The van der Waals surface area contributed by atoms with Crippen molar-refractivity contribution in [1.29, 1.82) is 0 Å². The molecule has 0 heterocycles. The molecule has 2 aliphatic carbocycles. The summed E-state index contributed by atoms with van der Waals surface area (Å²) >= 11 is 0. The van der Waals surface area contributed by atoms with Crippen LogP contribution in [0, 0.1) is 17.8 Å². The lowest BCUT2D eigenvalue weighted by molar-refractivity contribution is -0.140. The van der Waals surface area contributed by atoms with Crippen LogP contribution in [0.4, 0.5) is 4.79 Å². The van der Waals surface area contributed by atoms with Gasteiger partial charge in [-0.2, -0.15) is 0 Å². The summed E-state index contributed by atoms with van der Waals surface area (Å²) in [6.07, 6.45) is 4.99. The van der Waals surface area contributed by atoms with E-state index < -0.39 is 24.6 Å². The van der Waals surface area contributed by atoms with Gasteiger partial charge in [0.15, 0.2) is 6.04 Å². The summed E-state index contributed by atoms with van der Waals surface area (Å²) in [5.41, 5.74) is 0. The number of hydrogen-bond acceptors (Lipinski definition) is 3. The van der Waals surface area contributed by atoms with Crippen molar-refractivity contribution < 1.29 is 19.8 Å². The molecule has 0 aromatic carbocycles. The summed E-state index contributed by atoms with van der Waals surface area (Å²) in [6.45, 7) is 1.37. The Kier molecular flexibility index (Phi) is 4.29. The zero-order valence-electron chi connectivity index (χ0n) is 11.1. The molecule has 2 bridgehead atoms. The Balaban J connectivity index is 1.80. The van der Waals surface area contributed by atoms with Crippen LogP contribution in [0.25, 0.3) is 0 Å². The van der Waals surface area contributed by atoms with Gasteiger partial charge in [-0.25, -0.2) is 9.59 Å². The topological polar surface area (TPSA) is 98.7 Å². The number of fused-ring (bicyclic) bond motifs is 2. The molecule has 0 aliphatic heterocycles. The van der Waals surface area contributed by atoms with Crippen LogP contribution in [-0.4, -0.2) is 40.9 Å².